The number of phenols is 2. The summed E-state index contributed by atoms with van der Waals surface area (Å²) in [6.45, 7) is 11.6. The maximum absolute atomic E-state index is 9.98. The largest absolute Gasteiger partial charge is 0.504 e. The lowest BCUT2D eigenvalue weighted by atomic mass is 10.1. The number of pyridine rings is 7. The Balaban J connectivity index is 0.000000145. The third kappa shape index (κ3) is 17.4. The highest BCUT2D eigenvalue weighted by Gasteiger charge is 2.19. The van der Waals surface area contributed by atoms with E-state index in [0.29, 0.717) is 107 Å². The predicted molar refractivity (Wildman–Crippen MR) is 379 cm³/mol. The maximum atomic E-state index is 9.98. The molecule has 0 aliphatic rings. The van der Waals surface area contributed by atoms with Crippen LogP contribution in [0.1, 0.15) is 41.5 Å². The molecule has 12 rings (SSSR count). The van der Waals surface area contributed by atoms with Crippen molar-refractivity contribution < 1.29 is 24.4 Å². The lowest BCUT2D eigenvalue weighted by Gasteiger charge is -2.15. The SMILES string of the molecule is CC(C)Oc1c(Cl)cc(Cl)c2ccc(-c3ccccn3)nc12.CC(C)Oc1c(Cl)cc(Cl)c2ccc(Cl)nc12.CC(C)Oc1c(Cl)cc(Cl)c2ccc(I)nc12.Oc1c(Cl)cc(Cl)c2ccc(-c3ccccn3)nc12.Oc1c(Cl)cc(Cl)c2ccc(Cl)nc12. The Kier molecular flexibility index (Phi) is 24.5. The summed E-state index contributed by atoms with van der Waals surface area (Å²) in [6, 6.07) is 37.3. The van der Waals surface area contributed by atoms with Crippen molar-refractivity contribution >= 4 is 216 Å². The molecule has 0 aliphatic carbocycles. The number of phenolic OH excluding ortho intramolecular Hbond substituents is 2. The van der Waals surface area contributed by atoms with Crippen LogP contribution < -0.4 is 14.2 Å². The van der Waals surface area contributed by atoms with Crippen molar-refractivity contribution in [2.75, 3.05) is 0 Å². The van der Waals surface area contributed by atoms with Gasteiger partial charge in [-0.05, 0) is 179 Å². The third-order valence-electron chi connectivity index (χ3n) is 12.0. The lowest BCUT2D eigenvalue weighted by Crippen LogP contribution is -2.07. The second-order valence-corrected chi connectivity index (χ2v) is 25.5. The van der Waals surface area contributed by atoms with Crippen molar-refractivity contribution in [3.05, 3.63) is 204 Å². The number of nitrogens with zero attached hydrogens (tertiary/aromatic N) is 7. The molecule has 0 saturated heterocycles. The van der Waals surface area contributed by atoms with Gasteiger partial charge in [-0.3, -0.25) is 9.97 Å². The molecule has 7 aromatic heterocycles. The van der Waals surface area contributed by atoms with Gasteiger partial charge in [0.2, 0.25) is 0 Å². The molecule has 0 unspecified atom stereocenters. The summed E-state index contributed by atoms with van der Waals surface area (Å²) in [5.41, 5.74) is 5.55. The number of benzene rings is 5. The van der Waals surface area contributed by atoms with Crippen LogP contribution in [0.3, 0.4) is 0 Å². The van der Waals surface area contributed by atoms with Crippen LogP contribution in [0.5, 0.6) is 28.7 Å². The smallest absolute Gasteiger partial charge is 0.164 e. The summed E-state index contributed by atoms with van der Waals surface area (Å²) in [5.74, 6) is 1.49. The lowest BCUT2D eigenvalue weighted by molar-refractivity contribution is 0.245. The minimum absolute atomic E-state index is 0.00217. The molecular weight excluding hydrogens is 1500 g/mol. The molecule has 5 aromatic carbocycles. The number of fused-ring (bicyclic) bond motifs is 5. The van der Waals surface area contributed by atoms with E-state index in [1.54, 1.807) is 60.9 Å². The predicted octanol–water partition coefficient (Wildman–Crippen LogP) is 23.5. The molecule has 12 aromatic rings. The van der Waals surface area contributed by atoms with Crippen LogP contribution in [0.2, 0.25) is 60.5 Å². The van der Waals surface area contributed by atoms with E-state index in [2.05, 4.69) is 57.5 Å². The van der Waals surface area contributed by atoms with Gasteiger partial charge in [0.15, 0.2) is 28.7 Å². The van der Waals surface area contributed by atoms with Gasteiger partial charge in [-0.15, -0.1) is 0 Å². The number of halogens is 13. The molecule has 12 nitrogen and oxygen atoms in total. The molecule has 0 spiro atoms. The number of aromatic hydroxyl groups is 2. The fourth-order valence-corrected chi connectivity index (χ4v) is 11.7. The van der Waals surface area contributed by atoms with Crippen LogP contribution in [0, 0.1) is 3.70 Å². The molecule has 89 heavy (non-hydrogen) atoms. The van der Waals surface area contributed by atoms with E-state index in [-0.39, 0.29) is 45.0 Å². The van der Waals surface area contributed by atoms with E-state index in [4.69, 9.17) is 153 Å². The first-order valence-corrected chi connectivity index (χ1v) is 32.0. The highest BCUT2D eigenvalue weighted by molar-refractivity contribution is 14.1. The Bertz CT molecular complexity index is 4460. The summed E-state index contributed by atoms with van der Waals surface area (Å²) < 4.78 is 18.1. The van der Waals surface area contributed by atoms with Crippen molar-refractivity contribution in [1.82, 2.24) is 34.9 Å². The Hall–Kier alpha value is -5.34. The van der Waals surface area contributed by atoms with Gasteiger partial charge in [0.1, 0.15) is 41.6 Å². The minimum Gasteiger partial charge on any atom is -0.504 e. The van der Waals surface area contributed by atoms with E-state index in [9.17, 15) is 10.2 Å². The first kappa shape index (κ1) is 69.5. The van der Waals surface area contributed by atoms with Crippen LogP contribution in [0.25, 0.3) is 77.3 Å². The topological polar surface area (TPSA) is 158 Å². The van der Waals surface area contributed by atoms with Crippen LogP contribution in [0.4, 0.5) is 0 Å². The normalized spacial score (nSPS) is 11.0. The van der Waals surface area contributed by atoms with Crippen molar-refractivity contribution in [2.24, 2.45) is 0 Å². The Morgan fingerprint density at radius 2 is 0.629 bits per heavy atom. The minimum atomic E-state index is -0.103. The van der Waals surface area contributed by atoms with Crippen molar-refractivity contribution in [3.63, 3.8) is 0 Å². The van der Waals surface area contributed by atoms with Gasteiger partial charge in [0, 0.05) is 39.3 Å². The number of rotatable bonds is 8. The van der Waals surface area contributed by atoms with Gasteiger partial charge in [0.25, 0.3) is 0 Å². The van der Waals surface area contributed by atoms with Crippen molar-refractivity contribution in [3.8, 4) is 51.5 Å². The van der Waals surface area contributed by atoms with Gasteiger partial charge < -0.3 is 24.4 Å². The zero-order valence-corrected chi connectivity index (χ0v) is 58.4. The molecule has 7 heterocycles. The average Bonchev–Trinajstić information content (AvgIpc) is 1.30. The van der Waals surface area contributed by atoms with Gasteiger partial charge in [-0.1, -0.05) is 151 Å². The molecule has 0 radical (unpaired) electrons. The monoisotopic (exact) mass is 1540 g/mol. The Morgan fingerprint density at radius 3 is 1.00 bits per heavy atom. The van der Waals surface area contributed by atoms with Crippen LogP contribution in [0.15, 0.2) is 140 Å². The molecule has 458 valence electrons. The highest BCUT2D eigenvalue weighted by Crippen LogP contribution is 2.43. The van der Waals surface area contributed by atoms with Crippen LogP contribution in [-0.2, 0) is 0 Å². The first-order valence-electron chi connectivity index (χ1n) is 26.4. The summed E-state index contributed by atoms with van der Waals surface area (Å²) in [7, 11) is 0. The van der Waals surface area contributed by atoms with E-state index in [1.807, 2.05) is 108 Å². The quantitative estimate of drug-likeness (QED) is 0.110. The highest BCUT2D eigenvalue weighted by atomic mass is 127. The zero-order valence-electron chi connectivity index (χ0n) is 47.2. The van der Waals surface area contributed by atoms with Crippen LogP contribution >= 0.6 is 162 Å². The standard InChI is InChI=1S/C17H14Cl2N2O.C14H8Cl2N2O.C12H10Cl3NO.C12H10Cl2INO.C9H4Cl3NO/c1-10(2)22-17-13(19)9-12(18)11-6-7-15(21-16(11)17)14-5-3-4-8-20-14;15-9-7-10(16)14(19)13-8(9)4-5-12(18-13)11-3-1-2-6-17-11;2*1-6(2)17-12-9(14)5-8(13)7-3-4-10(15)16-11(7)12;10-5-3-6(11)9(14)8-4(5)1-2-7(12)13-8/h3-10H,1-2H3;1-7,19H;2*3-6H,1-2H3;1-3,14H. The van der Waals surface area contributed by atoms with Crippen molar-refractivity contribution in [1.29, 1.82) is 0 Å². The van der Waals surface area contributed by atoms with E-state index in [0.717, 1.165) is 36.9 Å². The fraction of sp³-hybridized carbons (Fsp3) is 0.141. The molecule has 0 amide bonds. The molecule has 0 saturated carbocycles. The van der Waals surface area contributed by atoms with Crippen LogP contribution in [-0.4, -0.2) is 63.4 Å². The summed E-state index contributed by atoms with van der Waals surface area (Å²) in [4.78, 5) is 30.2. The molecule has 2 N–H and O–H groups in total. The van der Waals surface area contributed by atoms with Gasteiger partial charge in [-0.25, -0.2) is 24.9 Å². The van der Waals surface area contributed by atoms with E-state index >= 15 is 0 Å². The third-order valence-corrected chi connectivity index (χ3v) is 16.0. The molecule has 25 heteroatoms. The van der Waals surface area contributed by atoms with Crippen molar-refractivity contribution in [2.45, 2.75) is 59.9 Å². The maximum Gasteiger partial charge on any atom is 0.164 e. The van der Waals surface area contributed by atoms with E-state index < -0.39 is 0 Å². The Morgan fingerprint density at radius 1 is 0.326 bits per heavy atom. The van der Waals surface area contributed by atoms with E-state index in [1.165, 1.54) is 12.1 Å². The second-order valence-electron chi connectivity index (χ2n) is 19.6. The number of hydrogen-bond acceptors (Lipinski definition) is 12. The molecular formula is C64H46Cl12IN7O5. The number of hydrogen-bond donors (Lipinski definition) is 2. The van der Waals surface area contributed by atoms with Gasteiger partial charge >= 0.3 is 0 Å². The molecule has 0 aliphatic heterocycles. The molecule has 0 bridgehead atoms. The second kappa shape index (κ2) is 31.3. The number of ether oxygens (including phenoxy) is 3. The molecule has 0 fully saturated rings. The fourth-order valence-electron chi connectivity index (χ4n) is 8.27. The van der Waals surface area contributed by atoms with Gasteiger partial charge in [0.05, 0.1) is 91.3 Å². The summed E-state index contributed by atoms with van der Waals surface area (Å²) in [6.07, 6.45) is 3.44. The average molecular weight is 1550 g/mol. The van der Waals surface area contributed by atoms with Gasteiger partial charge in [-0.2, -0.15) is 0 Å². The summed E-state index contributed by atoms with van der Waals surface area (Å²) in [5, 5.41) is 28.2. The summed E-state index contributed by atoms with van der Waals surface area (Å²) >= 11 is 74.4. The zero-order chi connectivity index (χ0) is 64.5. The number of aromatic nitrogens is 7. The Labute approximate surface area is 585 Å². The molecule has 0 atom stereocenters. The first-order chi connectivity index (χ1) is 42.3.